The average Bonchev–Trinajstić information content (AvgIpc) is 3.37. The summed E-state index contributed by atoms with van der Waals surface area (Å²) in [5.74, 6) is 6.57. The van der Waals surface area contributed by atoms with Crippen molar-refractivity contribution in [3.8, 4) is 23.3 Å². The third kappa shape index (κ3) is 5.13. The van der Waals surface area contributed by atoms with E-state index < -0.39 is 0 Å². The number of hydrogen-bond acceptors (Lipinski definition) is 5. The van der Waals surface area contributed by atoms with E-state index >= 15 is 0 Å². The van der Waals surface area contributed by atoms with Crippen LogP contribution in [0.25, 0.3) is 5.69 Å². The lowest BCUT2D eigenvalue weighted by molar-refractivity contribution is -0.115. The van der Waals surface area contributed by atoms with E-state index in [0.29, 0.717) is 28.4 Å². The lowest BCUT2D eigenvalue weighted by atomic mass is 10.1. The zero-order chi connectivity index (χ0) is 24.0. The van der Waals surface area contributed by atoms with E-state index in [1.807, 2.05) is 65.4 Å². The fourth-order valence-electron chi connectivity index (χ4n) is 3.75. The van der Waals surface area contributed by atoms with E-state index in [-0.39, 0.29) is 25.5 Å². The van der Waals surface area contributed by atoms with Crippen LogP contribution < -0.4 is 10.1 Å². The van der Waals surface area contributed by atoms with Crippen LogP contribution in [0.15, 0.2) is 90.4 Å². The largest absolute Gasteiger partial charge is 0.490 e. The fourth-order valence-corrected chi connectivity index (χ4v) is 3.75. The first-order valence-corrected chi connectivity index (χ1v) is 11.1. The van der Waals surface area contributed by atoms with Gasteiger partial charge in [-0.1, -0.05) is 42.2 Å². The van der Waals surface area contributed by atoms with Crippen LogP contribution in [0.2, 0.25) is 0 Å². The molecule has 5 rings (SSSR count). The zero-order valence-electron chi connectivity index (χ0n) is 18.8. The molecule has 0 saturated carbocycles. The maximum atomic E-state index is 12.8. The first kappa shape index (κ1) is 22.1. The lowest BCUT2D eigenvalue weighted by Crippen LogP contribution is -2.15. The molecule has 0 saturated heterocycles. The highest BCUT2D eigenvalue weighted by molar-refractivity contribution is 6.17. The Bertz CT molecular complexity index is 1450. The van der Waals surface area contributed by atoms with Gasteiger partial charge in [-0.15, -0.1) is 0 Å². The number of anilines is 1. The molecule has 2 heterocycles. The molecule has 35 heavy (non-hydrogen) atoms. The van der Waals surface area contributed by atoms with Gasteiger partial charge in [-0.3, -0.25) is 4.79 Å². The molecule has 2 N–H and O–H groups in total. The van der Waals surface area contributed by atoms with E-state index in [0.717, 1.165) is 16.8 Å². The van der Waals surface area contributed by atoms with Gasteiger partial charge in [0.2, 0.25) is 5.91 Å². The van der Waals surface area contributed by atoms with Crippen LogP contribution in [0.1, 0.15) is 23.1 Å². The highest BCUT2D eigenvalue weighted by Crippen LogP contribution is 2.36. The number of rotatable bonds is 5. The first-order chi connectivity index (χ1) is 17.2. The van der Waals surface area contributed by atoms with Gasteiger partial charge in [0.1, 0.15) is 12.4 Å². The Balaban J connectivity index is 1.56. The molecule has 0 radical (unpaired) electrons. The Morgan fingerprint density at radius 3 is 2.74 bits per heavy atom. The maximum Gasteiger partial charge on any atom is 0.230 e. The number of benzene rings is 3. The minimum atomic E-state index is -0.165. The number of aliphatic hydroxyl groups is 1. The Morgan fingerprint density at radius 1 is 1.06 bits per heavy atom. The van der Waals surface area contributed by atoms with Gasteiger partial charge in [-0.25, -0.2) is 9.98 Å². The molecule has 0 unspecified atom stereocenters. The number of carbonyl (C=O) groups excluding carboxylic acids is 1. The van der Waals surface area contributed by atoms with Gasteiger partial charge in [0.15, 0.2) is 0 Å². The van der Waals surface area contributed by atoms with Crippen LogP contribution in [0.4, 0.5) is 11.4 Å². The van der Waals surface area contributed by atoms with Crippen LogP contribution in [0.5, 0.6) is 5.75 Å². The predicted molar refractivity (Wildman–Crippen MR) is 134 cm³/mol. The second kappa shape index (κ2) is 10.1. The molecule has 1 aromatic heterocycles. The van der Waals surface area contributed by atoms with Crippen molar-refractivity contribution in [3.63, 3.8) is 0 Å². The van der Waals surface area contributed by atoms with E-state index in [1.54, 1.807) is 24.7 Å². The van der Waals surface area contributed by atoms with Gasteiger partial charge in [-0.2, -0.15) is 0 Å². The molecule has 0 fully saturated rings. The smallest absolute Gasteiger partial charge is 0.230 e. The summed E-state index contributed by atoms with van der Waals surface area (Å²) >= 11 is 0. The van der Waals surface area contributed by atoms with Crippen molar-refractivity contribution in [3.05, 3.63) is 102 Å². The van der Waals surface area contributed by atoms with Gasteiger partial charge in [-0.05, 0) is 35.9 Å². The standard InChI is InChI=1S/C28H22N4O3/c33-13-14-35-27-17-26-25(16-22(27)10-9-20-5-2-1-3-6-20)31-28(34)18-24(30-26)21-7-4-8-23(15-21)32-12-11-29-19-32/h1-8,11-12,15-17,19,33H,13-14,18H2,(H,31,34). The van der Waals surface area contributed by atoms with Crippen LogP contribution in [0, 0.1) is 11.8 Å². The average molecular weight is 463 g/mol. The number of ether oxygens (including phenoxy) is 1. The van der Waals surface area contributed by atoms with E-state index in [1.165, 1.54) is 0 Å². The van der Waals surface area contributed by atoms with Gasteiger partial charge < -0.3 is 19.7 Å². The molecular weight excluding hydrogens is 440 g/mol. The summed E-state index contributed by atoms with van der Waals surface area (Å²) in [5.41, 5.74) is 4.98. The van der Waals surface area contributed by atoms with E-state index in [9.17, 15) is 9.90 Å². The van der Waals surface area contributed by atoms with Crippen LogP contribution in [-0.4, -0.2) is 39.5 Å². The van der Waals surface area contributed by atoms with Crippen LogP contribution >= 0.6 is 0 Å². The quantitative estimate of drug-likeness (QED) is 0.437. The Morgan fingerprint density at radius 2 is 1.94 bits per heavy atom. The SMILES string of the molecule is O=C1CC(c2cccc(-n3ccnc3)c2)=Nc2cc(OCCO)c(C#Cc3ccccc3)cc2N1. The summed E-state index contributed by atoms with van der Waals surface area (Å²) in [7, 11) is 0. The molecule has 0 spiro atoms. The number of fused-ring (bicyclic) bond motifs is 1. The highest BCUT2D eigenvalue weighted by Gasteiger charge is 2.20. The Hall–Kier alpha value is -4.67. The Kier molecular flexibility index (Phi) is 6.37. The second-order valence-corrected chi connectivity index (χ2v) is 7.86. The number of carbonyl (C=O) groups is 1. The van der Waals surface area contributed by atoms with Gasteiger partial charge in [0.05, 0.1) is 42.0 Å². The molecule has 172 valence electrons. The molecular formula is C28H22N4O3. The monoisotopic (exact) mass is 462 g/mol. The number of aliphatic imine (C=N–C) groups is 1. The van der Waals surface area contributed by atoms with Crippen molar-refractivity contribution in [2.24, 2.45) is 4.99 Å². The summed E-state index contributed by atoms with van der Waals surface area (Å²) < 4.78 is 7.67. The predicted octanol–water partition coefficient (Wildman–Crippen LogP) is 4.11. The van der Waals surface area contributed by atoms with E-state index in [4.69, 9.17) is 9.73 Å². The number of nitrogens with one attached hydrogen (secondary N) is 1. The van der Waals surface area contributed by atoms with Crippen molar-refractivity contribution in [2.75, 3.05) is 18.5 Å². The summed E-state index contributed by atoms with van der Waals surface area (Å²) in [4.78, 5) is 21.7. The molecule has 7 heteroatoms. The maximum absolute atomic E-state index is 12.8. The number of hydrogen-bond donors (Lipinski definition) is 2. The molecule has 0 atom stereocenters. The summed E-state index contributed by atoms with van der Waals surface area (Å²) in [5, 5.41) is 12.2. The second-order valence-electron chi connectivity index (χ2n) is 7.86. The number of amides is 1. The summed E-state index contributed by atoms with van der Waals surface area (Å²) in [6.07, 6.45) is 5.42. The van der Waals surface area contributed by atoms with Gasteiger partial charge in [0, 0.05) is 29.7 Å². The summed E-state index contributed by atoms with van der Waals surface area (Å²) in [6.45, 7) is -0.0103. The topological polar surface area (TPSA) is 88.7 Å². The Labute approximate surface area is 202 Å². The third-order valence-corrected chi connectivity index (χ3v) is 5.40. The summed E-state index contributed by atoms with van der Waals surface area (Å²) in [6, 6.07) is 20.9. The molecule has 7 nitrogen and oxygen atoms in total. The molecule has 0 bridgehead atoms. The number of nitrogens with zero attached hydrogens (tertiary/aromatic N) is 3. The minimum Gasteiger partial charge on any atom is -0.490 e. The fraction of sp³-hybridized carbons (Fsp3) is 0.107. The molecule has 1 aliphatic heterocycles. The van der Waals surface area contributed by atoms with Crippen molar-refractivity contribution < 1.29 is 14.6 Å². The van der Waals surface area contributed by atoms with Crippen molar-refractivity contribution in [2.45, 2.75) is 6.42 Å². The zero-order valence-corrected chi connectivity index (χ0v) is 18.8. The van der Waals surface area contributed by atoms with Crippen LogP contribution in [-0.2, 0) is 4.79 Å². The molecule has 1 amide bonds. The molecule has 4 aromatic rings. The van der Waals surface area contributed by atoms with Crippen molar-refractivity contribution >= 4 is 23.0 Å². The molecule has 1 aliphatic rings. The normalized spacial score (nSPS) is 12.5. The lowest BCUT2D eigenvalue weighted by Gasteiger charge is -2.11. The van der Waals surface area contributed by atoms with Gasteiger partial charge in [0.25, 0.3) is 0 Å². The third-order valence-electron chi connectivity index (χ3n) is 5.40. The number of imidazole rings is 1. The van der Waals surface area contributed by atoms with Gasteiger partial charge >= 0.3 is 0 Å². The minimum absolute atomic E-state index is 0.120. The number of aliphatic hydroxyl groups excluding tert-OH is 1. The first-order valence-electron chi connectivity index (χ1n) is 11.1. The van der Waals surface area contributed by atoms with Crippen molar-refractivity contribution in [1.29, 1.82) is 0 Å². The molecule has 3 aromatic carbocycles. The van der Waals surface area contributed by atoms with Crippen LogP contribution in [0.3, 0.4) is 0 Å². The van der Waals surface area contributed by atoms with Crippen molar-refractivity contribution in [1.82, 2.24) is 9.55 Å². The van der Waals surface area contributed by atoms with E-state index in [2.05, 4.69) is 22.1 Å². The molecule has 0 aliphatic carbocycles. The number of aromatic nitrogens is 2. The highest BCUT2D eigenvalue weighted by atomic mass is 16.5.